The van der Waals surface area contributed by atoms with Crippen molar-refractivity contribution >= 4 is 9.28 Å². The lowest BCUT2D eigenvalue weighted by atomic mass is 10.4. The Kier molecular flexibility index (Phi) is 10.5. The molecule has 1 aliphatic rings. The summed E-state index contributed by atoms with van der Waals surface area (Å²) >= 11 is 0. The highest BCUT2D eigenvalue weighted by atomic mass is 28.3. The van der Waals surface area contributed by atoms with Crippen LogP contribution in [0.5, 0.6) is 0 Å². The van der Waals surface area contributed by atoms with Crippen LogP contribution in [0.15, 0.2) is 0 Å². The van der Waals surface area contributed by atoms with Crippen LogP contribution in [0.1, 0.15) is 19.8 Å². The van der Waals surface area contributed by atoms with E-state index >= 15 is 0 Å². The summed E-state index contributed by atoms with van der Waals surface area (Å²) in [5, 5.41) is 24.0. The van der Waals surface area contributed by atoms with Crippen molar-refractivity contribution in [2.45, 2.75) is 31.9 Å². The number of aliphatic hydroxyl groups is 3. The Morgan fingerprint density at radius 3 is 2.33 bits per heavy atom. The summed E-state index contributed by atoms with van der Waals surface area (Å²) < 4.78 is 10.8. The topological polar surface area (TPSA) is 79.2 Å². The Morgan fingerprint density at radius 2 is 2.00 bits per heavy atom. The molecule has 3 N–H and O–H groups in total. The zero-order chi connectivity index (χ0) is 11.5. The van der Waals surface area contributed by atoms with E-state index in [1.807, 2.05) is 6.92 Å². The largest absolute Gasteiger partial charge is 0.397 e. The molecule has 0 aromatic carbocycles. The van der Waals surface area contributed by atoms with Crippen LogP contribution in [0.3, 0.4) is 0 Å². The van der Waals surface area contributed by atoms with E-state index in [-0.39, 0.29) is 13.2 Å². The Balaban J connectivity index is 0.000000288. The molecule has 1 unspecified atom stereocenters. The average molecular weight is 238 g/mol. The minimum atomic E-state index is -1.13. The number of hydrogen-bond acceptors (Lipinski definition) is 5. The van der Waals surface area contributed by atoms with Gasteiger partial charge in [-0.3, -0.25) is 0 Å². The van der Waals surface area contributed by atoms with Gasteiger partial charge in [0.15, 0.2) is 0 Å². The zero-order valence-electron chi connectivity index (χ0n) is 9.26. The number of rotatable bonds is 4. The third kappa shape index (κ3) is 8.98. The summed E-state index contributed by atoms with van der Waals surface area (Å²) in [5.41, 5.74) is 0. The molecule has 1 atom stereocenters. The molecule has 92 valence electrons. The summed E-state index contributed by atoms with van der Waals surface area (Å²) in [4.78, 5) is 0. The molecule has 0 bridgehead atoms. The van der Waals surface area contributed by atoms with Gasteiger partial charge in [0.25, 0.3) is 0 Å². The first kappa shape index (κ1) is 15.0. The highest BCUT2D eigenvalue weighted by molar-refractivity contribution is 6.44. The first-order valence-corrected chi connectivity index (χ1v) is 7.13. The van der Waals surface area contributed by atoms with Crippen molar-refractivity contribution in [3.05, 3.63) is 0 Å². The van der Waals surface area contributed by atoms with Gasteiger partial charge in [0.2, 0.25) is 0 Å². The van der Waals surface area contributed by atoms with Crippen LogP contribution in [0.4, 0.5) is 0 Å². The van der Waals surface area contributed by atoms with Gasteiger partial charge in [0.1, 0.15) is 6.10 Å². The second kappa shape index (κ2) is 10.5. The molecule has 1 rings (SSSR count). The van der Waals surface area contributed by atoms with Crippen molar-refractivity contribution in [3.63, 3.8) is 0 Å². The summed E-state index contributed by atoms with van der Waals surface area (Å²) in [6.45, 7) is 3.08. The zero-order valence-corrected chi connectivity index (χ0v) is 10.4. The lowest BCUT2D eigenvalue weighted by Gasteiger charge is -2.19. The highest BCUT2D eigenvalue weighted by Crippen LogP contribution is 2.10. The fourth-order valence-corrected chi connectivity index (χ4v) is 2.94. The van der Waals surface area contributed by atoms with Gasteiger partial charge < -0.3 is 24.2 Å². The first-order valence-electron chi connectivity index (χ1n) is 5.37. The van der Waals surface area contributed by atoms with Crippen molar-refractivity contribution < 1.29 is 24.2 Å². The highest BCUT2D eigenvalue weighted by Gasteiger charge is 2.15. The molecule has 6 heteroatoms. The van der Waals surface area contributed by atoms with Crippen molar-refractivity contribution in [1.82, 2.24) is 0 Å². The predicted octanol–water partition coefficient (Wildman–Crippen LogP) is -0.614. The van der Waals surface area contributed by atoms with Crippen molar-refractivity contribution in [3.8, 4) is 0 Å². The molecule has 0 saturated carbocycles. The van der Waals surface area contributed by atoms with Crippen LogP contribution in [0.2, 0.25) is 6.04 Å². The minimum absolute atomic E-state index is 0.365. The van der Waals surface area contributed by atoms with Crippen LogP contribution in [-0.4, -0.2) is 57.1 Å². The lowest BCUT2D eigenvalue weighted by Crippen LogP contribution is -2.26. The Morgan fingerprint density at radius 1 is 1.33 bits per heavy atom. The molecule has 1 saturated heterocycles. The molecule has 15 heavy (non-hydrogen) atoms. The molecule has 0 spiro atoms. The van der Waals surface area contributed by atoms with E-state index in [4.69, 9.17) is 24.2 Å². The summed E-state index contributed by atoms with van der Waals surface area (Å²) in [6.07, 6.45) is 1.60. The smallest absolute Gasteiger partial charge is 0.321 e. The molecular formula is C9H22O5Si. The normalized spacial score (nSPS) is 21.0. The fourth-order valence-electron chi connectivity index (χ4n) is 1.09. The molecule has 1 aliphatic heterocycles. The summed E-state index contributed by atoms with van der Waals surface area (Å²) in [7, 11) is -1.13. The maximum absolute atomic E-state index is 8.17. The third-order valence-electron chi connectivity index (χ3n) is 1.91. The summed E-state index contributed by atoms with van der Waals surface area (Å²) in [6, 6.07) is 1.22. The predicted molar refractivity (Wildman–Crippen MR) is 58.9 cm³/mol. The molecular weight excluding hydrogens is 216 g/mol. The minimum Gasteiger partial charge on any atom is -0.397 e. The maximum atomic E-state index is 8.17. The van der Waals surface area contributed by atoms with E-state index in [0.717, 1.165) is 13.2 Å². The van der Waals surface area contributed by atoms with Gasteiger partial charge in [-0.15, -0.1) is 0 Å². The van der Waals surface area contributed by atoms with Crippen molar-refractivity contribution in [2.75, 3.05) is 26.4 Å². The molecule has 0 aromatic rings. The quantitative estimate of drug-likeness (QED) is 0.569. The van der Waals surface area contributed by atoms with Gasteiger partial charge in [-0.25, -0.2) is 0 Å². The lowest BCUT2D eigenvalue weighted by molar-refractivity contribution is 0.0450. The molecule has 1 heterocycles. The van der Waals surface area contributed by atoms with E-state index in [0.29, 0.717) is 0 Å². The van der Waals surface area contributed by atoms with Gasteiger partial charge in [-0.2, -0.15) is 0 Å². The molecule has 0 amide bonds. The molecule has 0 aliphatic carbocycles. The van der Waals surface area contributed by atoms with Gasteiger partial charge >= 0.3 is 9.28 Å². The van der Waals surface area contributed by atoms with E-state index < -0.39 is 15.4 Å². The average Bonchev–Trinajstić information content (AvgIpc) is 2.31. The SMILES string of the molecule is CCO[SiH]1CCCCO1.OCC(O)CO. The molecule has 5 nitrogen and oxygen atoms in total. The van der Waals surface area contributed by atoms with E-state index in [1.165, 1.54) is 18.9 Å². The molecule has 0 aromatic heterocycles. The Bertz CT molecular complexity index is 123. The van der Waals surface area contributed by atoms with Crippen LogP contribution < -0.4 is 0 Å². The van der Waals surface area contributed by atoms with Crippen molar-refractivity contribution in [1.29, 1.82) is 0 Å². The molecule has 0 radical (unpaired) electrons. The standard InChI is InChI=1S/C6H14O2Si.C3H8O3/c1-2-7-9-6-4-3-5-8-9;4-1-3(6)2-5/h9H,2-6H2,1H3;3-6H,1-2H2. The van der Waals surface area contributed by atoms with Gasteiger partial charge in [-0.1, -0.05) is 0 Å². The van der Waals surface area contributed by atoms with Gasteiger partial charge in [0.05, 0.1) is 13.2 Å². The van der Waals surface area contributed by atoms with Crippen molar-refractivity contribution in [2.24, 2.45) is 0 Å². The monoisotopic (exact) mass is 238 g/mol. The van der Waals surface area contributed by atoms with Gasteiger partial charge in [0, 0.05) is 13.2 Å². The first-order chi connectivity index (χ1) is 7.24. The maximum Gasteiger partial charge on any atom is 0.321 e. The van der Waals surface area contributed by atoms with Crippen LogP contribution in [0.25, 0.3) is 0 Å². The second-order valence-electron chi connectivity index (χ2n) is 3.27. The van der Waals surface area contributed by atoms with E-state index in [2.05, 4.69) is 0 Å². The number of aliphatic hydroxyl groups excluding tert-OH is 3. The molecule has 1 fully saturated rings. The summed E-state index contributed by atoms with van der Waals surface area (Å²) in [5.74, 6) is 0. The second-order valence-corrected chi connectivity index (χ2v) is 5.37. The number of hydrogen-bond donors (Lipinski definition) is 3. The Hall–Kier alpha value is 0.0169. The van der Waals surface area contributed by atoms with E-state index in [9.17, 15) is 0 Å². The third-order valence-corrected chi connectivity index (χ3v) is 4.10. The van der Waals surface area contributed by atoms with E-state index in [1.54, 1.807) is 0 Å². The fraction of sp³-hybridized carbons (Fsp3) is 1.00. The van der Waals surface area contributed by atoms with Crippen LogP contribution in [-0.2, 0) is 8.85 Å². The van der Waals surface area contributed by atoms with Crippen LogP contribution in [0, 0.1) is 0 Å². The van der Waals surface area contributed by atoms with Crippen LogP contribution >= 0.6 is 0 Å². The van der Waals surface area contributed by atoms with Gasteiger partial charge in [-0.05, 0) is 25.8 Å². The Labute approximate surface area is 92.5 Å².